The number of carbonyl (C=O) groups is 2. The molecule has 0 heterocycles. The number of ether oxygens (including phenoxy) is 1. The van der Waals surface area contributed by atoms with Crippen LogP contribution < -0.4 is 10.1 Å². The molecule has 0 aromatic heterocycles. The van der Waals surface area contributed by atoms with Crippen LogP contribution in [0.25, 0.3) is 0 Å². The highest BCUT2D eigenvalue weighted by Crippen LogP contribution is 2.26. The van der Waals surface area contributed by atoms with E-state index in [2.05, 4.69) is 28.2 Å². The van der Waals surface area contributed by atoms with Crippen LogP contribution in [0.5, 0.6) is 5.75 Å². The number of halogens is 2. The molecule has 2 aromatic carbocycles. The Hall–Kier alpha value is -2.41. The van der Waals surface area contributed by atoms with Crippen LogP contribution >= 0.6 is 15.9 Å². The molecule has 0 aliphatic heterocycles. The van der Waals surface area contributed by atoms with E-state index >= 15 is 0 Å². The molecule has 1 N–H and O–H groups in total. The molecule has 7 heteroatoms. The van der Waals surface area contributed by atoms with E-state index in [9.17, 15) is 14.0 Å². The summed E-state index contributed by atoms with van der Waals surface area (Å²) in [5, 5.41) is 2.95. The second-order valence-corrected chi connectivity index (χ2v) is 9.57. The number of hydrogen-bond acceptors (Lipinski definition) is 3. The van der Waals surface area contributed by atoms with Crippen LogP contribution in [0, 0.1) is 5.82 Å². The van der Waals surface area contributed by atoms with Crippen molar-refractivity contribution in [1.29, 1.82) is 0 Å². The second-order valence-electron chi connectivity index (χ2n) is 8.72. The minimum absolute atomic E-state index is 0.175. The minimum Gasteiger partial charge on any atom is -0.483 e. The van der Waals surface area contributed by atoms with E-state index in [1.165, 1.54) is 17.0 Å². The van der Waals surface area contributed by atoms with Gasteiger partial charge in [0.1, 0.15) is 17.6 Å². The van der Waals surface area contributed by atoms with Crippen molar-refractivity contribution in [1.82, 2.24) is 10.2 Å². The summed E-state index contributed by atoms with van der Waals surface area (Å²) in [7, 11) is 0. The fourth-order valence-electron chi connectivity index (χ4n) is 3.26. The largest absolute Gasteiger partial charge is 0.483 e. The molecular weight excluding hydrogens is 475 g/mol. The maximum atomic E-state index is 13.4. The standard InChI is InChI=1S/C25H32BrFN2O3/c1-6-17-10-13-22(20(26)14-17)32-16-23(30)29(15-18-8-11-19(27)12-9-18)21(7-2)24(31)28-25(3,4)5/h8-14,21H,6-7,15-16H2,1-5H3,(H,28,31)/t21-/m1/s1. The lowest BCUT2D eigenvalue weighted by atomic mass is 10.1. The summed E-state index contributed by atoms with van der Waals surface area (Å²) in [5.74, 6) is -0.349. The Kier molecular flexibility index (Phi) is 9.25. The zero-order chi connectivity index (χ0) is 23.9. The van der Waals surface area contributed by atoms with Gasteiger partial charge >= 0.3 is 0 Å². The molecule has 32 heavy (non-hydrogen) atoms. The first kappa shape index (κ1) is 25.8. The predicted octanol–water partition coefficient (Wildman–Crippen LogP) is 5.25. The van der Waals surface area contributed by atoms with Crippen molar-refractivity contribution in [3.63, 3.8) is 0 Å². The fraction of sp³-hybridized carbons (Fsp3) is 0.440. The SMILES string of the molecule is CCc1ccc(OCC(=O)N(Cc2ccc(F)cc2)[C@H](CC)C(=O)NC(C)(C)C)c(Br)c1. The lowest BCUT2D eigenvalue weighted by molar-refractivity contribution is -0.143. The van der Waals surface area contributed by atoms with Gasteiger partial charge in [0.15, 0.2) is 6.61 Å². The minimum atomic E-state index is -0.679. The Bertz CT molecular complexity index is 926. The quantitative estimate of drug-likeness (QED) is 0.505. The molecule has 0 bridgehead atoms. The first-order valence-corrected chi connectivity index (χ1v) is 11.6. The monoisotopic (exact) mass is 506 g/mol. The van der Waals surface area contributed by atoms with Crippen molar-refractivity contribution >= 4 is 27.7 Å². The molecule has 0 saturated carbocycles. The Morgan fingerprint density at radius 2 is 1.72 bits per heavy atom. The molecule has 0 aliphatic carbocycles. The Balaban J connectivity index is 2.24. The van der Waals surface area contributed by atoms with Crippen molar-refractivity contribution in [2.45, 2.75) is 65.6 Å². The molecule has 0 unspecified atom stereocenters. The van der Waals surface area contributed by atoms with Gasteiger partial charge in [-0.3, -0.25) is 9.59 Å². The summed E-state index contributed by atoms with van der Waals surface area (Å²) in [6, 6.07) is 11.0. The Morgan fingerprint density at radius 1 is 1.09 bits per heavy atom. The van der Waals surface area contributed by atoms with E-state index in [0.717, 1.165) is 22.0 Å². The normalized spacial score (nSPS) is 12.2. The van der Waals surface area contributed by atoms with Gasteiger partial charge in [-0.25, -0.2) is 4.39 Å². The summed E-state index contributed by atoms with van der Waals surface area (Å²) in [6.07, 6.45) is 1.33. The highest BCUT2D eigenvalue weighted by Gasteiger charge is 2.31. The zero-order valence-electron chi connectivity index (χ0n) is 19.4. The van der Waals surface area contributed by atoms with Gasteiger partial charge in [-0.2, -0.15) is 0 Å². The highest BCUT2D eigenvalue weighted by atomic mass is 79.9. The molecule has 174 valence electrons. The molecule has 0 saturated heterocycles. The topological polar surface area (TPSA) is 58.6 Å². The van der Waals surface area contributed by atoms with Gasteiger partial charge in [-0.05, 0) is 84.9 Å². The summed E-state index contributed by atoms with van der Waals surface area (Å²) >= 11 is 3.48. The lowest BCUT2D eigenvalue weighted by Gasteiger charge is -2.33. The molecule has 2 rings (SSSR count). The van der Waals surface area contributed by atoms with E-state index in [-0.39, 0.29) is 30.8 Å². The van der Waals surface area contributed by atoms with E-state index in [0.29, 0.717) is 12.2 Å². The number of hydrogen-bond donors (Lipinski definition) is 1. The Labute approximate surface area is 198 Å². The van der Waals surface area contributed by atoms with Crippen molar-refractivity contribution in [3.05, 3.63) is 63.9 Å². The number of amides is 2. The van der Waals surface area contributed by atoms with Crippen LogP contribution in [0.2, 0.25) is 0 Å². The summed E-state index contributed by atoms with van der Waals surface area (Å²) in [4.78, 5) is 27.7. The molecule has 5 nitrogen and oxygen atoms in total. The number of carbonyl (C=O) groups excluding carboxylic acids is 2. The van der Waals surface area contributed by atoms with Gasteiger partial charge in [0.2, 0.25) is 5.91 Å². The van der Waals surface area contributed by atoms with Crippen LogP contribution in [0.3, 0.4) is 0 Å². The van der Waals surface area contributed by atoms with Gasteiger partial charge in [0.05, 0.1) is 4.47 Å². The molecule has 0 radical (unpaired) electrons. The van der Waals surface area contributed by atoms with Crippen molar-refractivity contribution < 1.29 is 18.7 Å². The zero-order valence-corrected chi connectivity index (χ0v) is 21.0. The van der Waals surface area contributed by atoms with Crippen molar-refractivity contribution in [2.75, 3.05) is 6.61 Å². The van der Waals surface area contributed by atoms with Crippen LogP contribution in [0.1, 0.15) is 52.2 Å². The average Bonchev–Trinajstić information content (AvgIpc) is 2.72. The molecule has 2 aromatic rings. The van der Waals surface area contributed by atoms with Gasteiger partial charge < -0.3 is 15.0 Å². The molecule has 0 aliphatic rings. The van der Waals surface area contributed by atoms with Gasteiger partial charge in [0.25, 0.3) is 5.91 Å². The van der Waals surface area contributed by atoms with E-state index in [1.807, 2.05) is 45.9 Å². The average molecular weight is 507 g/mol. The number of rotatable bonds is 9. The van der Waals surface area contributed by atoms with Crippen molar-refractivity contribution in [2.24, 2.45) is 0 Å². The number of nitrogens with one attached hydrogen (secondary N) is 1. The van der Waals surface area contributed by atoms with Crippen LogP contribution in [0.15, 0.2) is 46.9 Å². The molecule has 1 atom stereocenters. The highest BCUT2D eigenvalue weighted by molar-refractivity contribution is 9.10. The van der Waals surface area contributed by atoms with E-state index in [1.54, 1.807) is 12.1 Å². The second kappa shape index (κ2) is 11.5. The Morgan fingerprint density at radius 3 is 2.25 bits per heavy atom. The van der Waals surface area contributed by atoms with E-state index in [4.69, 9.17) is 4.74 Å². The van der Waals surface area contributed by atoms with Crippen LogP contribution in [-0.4, -0.2) is 34.9 Å². The maximum absolute atomic E-state index is 13.4. The van der Waals surface area contributed by atoms with Gasteiger partial charge in [-0.1, -0.05) is 32.0 Å². The summed E-state index contributed by atoms with van der Waals surface area (Å²) in [5.41, 5.74) is 1.45. The van der Waals surface area contributed by atoms with Crippen LogP contribution in [-0.2, 0) is 22.6 Å². The third-order valence-electron chi connectivity index (χ3n) is 4.91. The number of aryl methyl sites for hydroxylation is 1. The predicted molar refractivity (Wildman–Crippen MR) is 128 cm³/mol. The molecule has 2 amide bonds. The molecule has 0 spiro atoms. The molecule has 0 fully saturated rings. The number of nitrogens with zero attached hydrogens (tertiary/aromatic N) is 1. The van der Waals surface area contributed by atoms with Gasteiger partial charge in [0, 0.05) is 12.1 Å². The van der Waals surface area contributed by atoms with E-state index < -0.39 is 11.6 Å². The number of benzene rings is 2. The first-order chi connectivity index (χ1) is 15.0. The fourth-order valence-corrected chi connectivity index (χ4v) is 3.80. The summed E-state index contributed by atoms with van der Waals surface area (Å²) in [6.45, 7) is 9.56. The van der Waals surface area contributed by atoms with Crippen molar-refractivity contribution in [3.8, 4) is 5.75 Å². The summed E-state index contributed by atoms with van der Waals surface area (Å²) < 4.78 is 19.9. The molecular formula is C25H32BrFN2O3. The first-order valence-electron chi connectivity index (χ1n) is 10.8. The third-order valence-corrected chi connectivity index (χ3v) is 5.53. The maximum Gasteiger partial charge on any atom is 0.261 e. The lowest BCUT2D eigenvalue weighted by Crippen LogP contribution is -2.54. The smallest absolute Gasteiger partial charge is 0.261 e. The third kappa shape index (κ3) is 7.62. The van der Waals surface area contributed by atoms with Gasteiger partial charge in [-0.15, -0.1) is 0 Å². The van der Waals surface area contributed by atoms with Crippen LogP contribution in [0.4, 0.5) is 4.39 Å².